The van der Waals surface area contributed by atoms with Gasteiger partial charge < -0.3 is 52.8 Å². The molecule has 5 aliphatic rings. The Morgan fingerprint density at radius 3 is 1.16 bits per heavy atom. The van der Waals surface area contributed by atoms with Gasteiger partial charge in [-0.1, -0.05) is 0 Å². The first kappa shape index (κ1) is 70.7. The number of methoxy groups -OCH3 is 3. The van der Waals surface area contributed by atoms with Gasteiger partial charge in [0.05, 0.1) is 70.2 Å². The van der Waals surface area contributed by atoms with Gasteiger partial charge in [-0.05, 0) is 132 Å². The number of likely N-dealkylation sites (tertiary alicyclic amines) is 1. The molecule has 0 bridgehead atoms. The summed E-state index contributed by atoms with van der Waals surface area (Å²) < 4.78 is 145. The smallest absolute Gasteiger partial charge is 0.410 e. The molecular weight excluding hydrogens is 1330 g/mol. The predicted molar refractivity (Wildman–Crippen MR) is 355 cm³/mol. The Morgan fingerprint density at radius 1 is 0.485 bits per heavy atom. The van der Waals surface area contributed by atoms with Gasteiger partial charge in [0.25, 0.3) is 0 Å². The number of nitrogens with zero attached hydrogens (tertiary/aromatic N) is 7. The fourth-order valence-electron chi connectivity index (χ4n) is 11.9. The van der Waals surface area contributed by atoms with Crippen LogP contribution in [-0.4, -0.2) is 143 Å². The van der Waals surface area contributed by atoms with Crippen molar-refractivity contribution in [2.75, 3.05) is 60.7 Å². The van der Waals surface area contributed by atoms with Crippen molar-refractivity contribution in [2.24, 2.45) is 29.6 Å². The van der Waals surface area contributed by atoms with Crippen LogP contribution < -0.4 is 43.2 Å². The number of alkyl halides is 6. The van der Waals surface area contributed by atoms with E-state index in [2.05, 4.69) is 25.0 Å². The number of imidazole rings is 3. The number of nitrogens with one attached hydrogen (secondary N) is 1. The number of carbonyl (C=O) groups is 4. The Kier molecular flexibility index (Phi) is 21.3. The summed E-state index contributed by atoms with van der Waals surface area (Å²) in [5.41, 5.74) is 4.45. The number of pyridine rings is 3. The minimum atomic E-state index is -3.10. The normalized spacial score (nSPS) is 15.3. The van der Waals surface area contributed by atoms with Crippen molar-refractivity contribution in [3.8, 4) is 79.8 Å². The van der Waals surface area contributed by atoms with Crippen molar-refractivity contribution in [1.29, 1.82) is 0 Å². The van der Waals surface area contributed by atoms with E-state index in [9.17, 15) is 49.9 Å². The van der Waals surface area contributed by atoms with Gasteiger partial charge in [0.1, 0.15) is 91.0 Å². The maximum atomic E-state index is 13.4. The average molecular weight is 1410 g/mol. The molecule has 2 saturated heterocycles. The van der Waals surface area contributed by atoms with Crippen LogP contribution in [0.4, 0.5) is 35.5 Å². The number of carbonyl (C=O) groups excluding carboxylic acids is 4. The molecule has 2 aliphatic heterocycles. The van der Waals surface area contributed by atoms with Gasteiger partial charge in [0.15, 0.2) is 17.3 Å². The topological polar surface area (TPSA) is 219 Å². The summed E-state index contributed by atoms with van der Waals surface area (Å²) in [6, 6.07) is 18.9. The predicted octanol–water partition coefficient (Wildman–Crippen LogP) is 14.8. The van der Waals surface area contributed by atoms with Crippen LogP contribution in [-0.2, 0) is 4.74 Å². The third-order valence-electron chi connectivity index (χ3n) is 17.6. The average Bonchev–Trinajstić information content (AvgIpc) is 1.73. The Hall–Kier alpha value is -10.1. The molecule has 5 fully saturated rings. The molecule has 0 atom stereocenters. The molecular formula is C73H75F7N8O13. The maximum absolute atomic E-state index is 13.4. The van der Waals surface area contributed by atoms with Crippen LogP contribution in [0.25, 0.3) is 50.7 Å². The largest absolute Gasteiger partial charge is 0.496 e. The van der Waals surface area contributed by atoms with Gasteiger partial charge in [0.2, 0.25) is 0 Å². The number of fused-ring (bicyclic) bond motifs is 3. The summed E-state index contributed by atoms with van der Waals surface area (Å²) in [5.74, 6) is 1.52. The zero-order valence-electron chi connectivity index (χ0n) is 56.2. The lowest BCUT2D eigenvalue weighted by Crippen LogP contribution is -2.53. The summed E-state index contributed by atoms with van der Waals surface area (Å²) in [5, 5.41) is 3.21. The van der Waals surface area contributed by atoms with Crippen LogP contribution in [0.15, 0.2) is 110 Å². The van der Waals surface area contributed by atoms with Crippen molar-refractivity contribution in [3.63, 3.8) is 0 Å². The number of ether oxygens (including phenoxy) is 9. The third kappa shape index (κ3) is 17.4. The first-order valence-corrected chi connectivity index (χ1v) is 33.1. The Morgan fingerprint density at radius 2 is 0.832 bits per heavy atom. The Labute approximate surface area is 575 Å². The minimum absolute atomic E-state index is 0.0123. The molecule has 21 nitrogen and oxygen atoms in total. The van der Waals surface area contributed by atoms with Crippen molar-refractivity contribution in [3.05, 3.63) is 132 Å². The number of benzene rings is 3. The second-order valence-corrected chi connectivity index (χ2v) is 26.6. The second-order valence-electron chi connectivity index (χ2n) is 26.6. The molecule has 14 rings (SSSR count). The summed E-state index contributed by atoms with van der Waals surface area (Å²) in [6.07, 6.45) is 16.1. The van der Waals surface area contributed by atoms with Gasteiger partial charge in [-0.15, -0.1) is 0 Å². The van der Waals surface area contributed by atoms with Gasteiger partial charge in [-0.2, -0.15) is 26.3 Å². The molecule has 101 heavy (non-hydrogen) atoms. The number of hydrogen-bond donors (Lipinski definition) is 1. The van der Waals surface area contributed by atoms with E-state index in [1.165, 1.54) is 64.1 Å². The molecule has 28 heteroatoms. The van der Waals surface area contributed by atoms with E-state index in [0.29, 0.717) is 107 Å². The molecule has 8 heterocycles. The van der Waals surface area contributed by atoms with E-state index >= 15 is 0 Å². The van der Waals surface area contributed by atoms with E-state index in [1.54, 1.807) is 62.6 Å². The number of hydrogen-bond acceptors (Lipinski definition) is 17. The fourth-order valence-corrected chi connectivity index (χ4v) is 11.9. The highest BCUT2D eigenvalue weighted by Gasteiger charge is 2.36. The summed E-state index contributed by atoms with van der Waals surface area (Å²) in [6.45, 7) is 0.366. The summed E-state index contributed by atoms with van der Waals surface area (Å²) in [4.78, 5) is 65.2. The maximum Gasteiger partial charge on any atom is 0.410 e. The zero-order valence-corrected chi connectivity index (χ0v) is 56.2. The highest BCUT2D eigenvalue weighted by molar-refractivity contribution is 6.04. The van der Waals surface area contributed by atoms with Crippen molar-refractivity contribution in [2.45, 2.75) is 104 Å². The highest BCUT2D eigenvalue weighted by atomic mass is 19.3. The van der Waals surface area contributed by atoms with Gasteiger partial charge in [0, 0.05) is 111 Å². The molecule has 0 radical (unpaired) electrons. The molecule has 534 valence electrons. The lowest BCUT2D eigenvalue weighted by atomic mass is 10.00. The highest BCUT2D eigenvalue weighted by Crippen LogP contribution is 2.45. The van der Waals surface area contributed by atoms with Gasteiger partial charge >= 0.3 is 25.9 Å². The van der Waals surface area contributed by atoms with E-state index in [1.807, 2.05) is 43.5 Å². The Bertz CT molecular complexity index is 4510. The third-order valence-corrected chi connectivity index (χ3v) is 17.6. The number of rotatable bonds is 27. The molecule has 3 aliphatic carbocycles. The molecule has 9 aromatic rings. The van der Waals surface area contributed by atoms with E-state index in [-0.39, 0.29) is 105 Å². The lowest BCUT2D eigenvalue weighted by Gasteiger charge is -2.39. The number of halogens is 7. The van der Waals surface area contributed by atoms with Crippen LogP contribution in [0.1, 0.15) is 110 Å². The molecule has 3 saturated carbocycles. The SMILES string of the molecule is COc1cc(-c2cnc3cc(F)ccn23)cc(OC(F)F)c1C(=O)CC1CC1.COc1cc(-c2cnc3cc(OCC4CN(C(=O)OC(C)(C)C)C4)ccn23)cc(OC(F)F)c1C(=O)CC1CC1.COc1cc(-c2cnc3cc(OCC4CNC4)ccn23)cc(OC(F)F)c1C(=O)CC1CC1. The summed E-state index contributed by atoms with van der Waals surface area (Å²) in [7, 11) is 4.17. The second kappa shape index (κ2) is 30.4. The standard InChI is InChI=1S/C29H33F2N3O6.C24H25F2N3O4.C20H17F3N2O3/c1-29(2,3)40-28(36)33-14-18(15-33)16-38-20-7-8-34-21(13-32-25(34)12-20)19-10-23(37-4)26(22(35)9-17-5-6-17)24(11-19)39-27(30)31;1-31-20-7-16(8-21(33-24(25)26)23(20)19(30)6-14-2-3-14)18-12-28-22-9-17(4-5-29(18)22)32-13-15-10-27-11-15;1-27-16-7-12(14-10-24-18-9-13(21)4-5-25(14)18)8-17(28-20(22)23)19(16)15(26)6-11-2-3-11/h7-8,10-13,17-18,27H,5-6,9,14-16H2,1-4H3;4-5,7-9,12,14-15,24,27H,2-3,6,10-11,13H2,1H3;4-5,7-11,20H,2-3,6H2,1H3. The first-order chi connectivity index (χ1) is 48.5. The van der Waals surface area contributed by atoms with E-state index < -0.39 is 31.3 Å². The van der Waals surface area contributed by atoms with Gasteiger partial charge in [-0.3, -0.25) is 27.6 Å². The van der Waals surface area contributed by atoms with Gasteiger partial charge in [-0.25, -0.2) is 24.1 Å². The fraction of sp³-hybridized carbons (Fsp3) is 0.411. The van der Waals surface area contributed by atoms with Crippen LogP contribution in [0.5, 0.6) is 46.0 Å². The minimum Gasteiger partial charge on any atom is -0.496 e. The molecule has 0 unspecified atom stereocenters. The van der Waals surface area contributed by atoms with E-state index in [0.717, 1.165) is 51.6 Å². The summed E-state index contributed by atoms with van der Waals surface area (Å²) >= 11 is 0. The number of amides is 1. The first-order valence-electron chi connectivity index (χ1n) is 33.1. The van der Waals surface area contributed by atoms with E-state index in [4.69, 9.17) is 37.9 Å². The number of Topliss-reactive ketones (excluding diaryl/α,β-unsaturated/α-hetero) is 3. The van der Waals surface area contributed by atoms with Crippen molar-refractivity contribution in [1.82, 2.24) is 38.4 Å². The van der Waals surface area contributed by atoms with Crippen LogP contribution in [0.3, 0.4) is 0 Å². The van der Waals surface area contributed by atoms with Crippen molar-refractivity contribution < 1.29 is 92.5 Å². The van der Waals surface area contributed by atoms with Crippen molar-refractivity contribution >= 4 is 40.4 Å². The molecule has 6 aromatic heterocycles. The molecule has 3 aromatic carbocycles. The monoisotopic (exact) mass is 1400 g/mol. The molecule has 0 spiro atoms. The van der Waals surface area contributed by atoms with Crippen LogP contribution >= 0.6 is 0 Å². The quantitative estimate of drug-likeness (QED) is 0.0374. The molecule has 1 N–H and O–H groups in total. The number of ketones is 3. The zero-order chi connectivity index (χ0) is 71.4. The number of aromatic nitrogens is 6. The van der Waals surface area contributed by atoms with Crippen LogP contribution in [0, 0.1) is 35.4 Å². The Balaban J connectivity index is 0.000000146. The lowest BCUT2D eigenvalue weighted by molar-refractivity contribution is -0.0509. The van der Waals surface area contributed by atoms with Crippen LogP contribution in [0.2, 0.25) is 0 Å². The molecule has 1 amide bonds.